The number of hydrogen-bond acceptors (Lipinski definition) is 3. The van der Waals surface area contributed by atoms with Gasteiger partial charge in [-0.15, -0.1) is 0 Å². The number of carbonyl (C=O) groups excluding carboxylic acids is 1. The molecule has 2 atom stereocenters. The lowest BCUT2D eigenvalue weighted by molar-refractivity contribution is -0.138. The summed E-state index contributed by atoms with van der Waals surface area (Å²) in [5, 5.41) is 9.83. The van der Waals surface area contributed by atoms with Gasteiger partial charge in [-0.3, -0.25) is 9.59 Å². The number of aromatic amines is 1. The van der Waals surface area contributed by atoms with Crippen LogP contribution in [0, 0.1) is 12.7 Å². The summed E-state index contributed by atoms with van der Waals surface area (Å²) < 4.78 is 18.8. The first-order chi connectivity index (χ1) is 11.4. The molecule has 0 bridgehead atoms. The molecule has 1 aromatic heterocycles. The molecule has 3 rings (SSSR count). The average Bonchev–Trinajstić information content (AvgIpc) is 3.10. The minimum Gasteiger partial charge on any atom is -0.481 e. The van der Waals surface area contributed by atoms with Crippen molar-refractivity contribution in [2.75, 3.05) is 13.7 Å². The highest BCUT2D eigenvalue weighted by atomic mass is 19.1. The normalized spacial score (nSPS) is 20.7. The van der Waals surface area contributed by atoms with Crippen LogP contribution in [0.5, 0.6) is 0 Å². The summed E-state index contributed by atoms with van der Waals surface area (Å²) in [4.78, 5) is 28.3. The quantitative estimate of drug-likeness (QED) is 0.899. The van der Waals surface area contributed by atoms with E-state index in [1.807, 2.05) is 0 Å². The molecule has 2 aromatic rings. The van der Waals surface area contributed by atoms with E-state index in [-0.39, 0.29) is 24.2 Å². The van der Waals surface area contributed by atoms with Crippen LogP contribution in [0.2, 0.25) is 0 Å². The summed E-state index contributed by atoms with van der Waals surface area (Å²) in [5.41, 5.74) is 1.61. The fraction of sp³-hybridized carbons (Fsp3) is 0.412. The van der Waals surface area contributed by atoms with Gasteiger partial charge in [-0.1, -0.05) is 0 Å². The first kappa shape index (κ1) is 16.4. The Morgan fingerprint density at radius 2 is 2.17 bits per heavy atom. The van der Waals surface area contributed by atoms with Gasteiger partial charge in [0, 0.05) is 30.6 Å². The van der Waals surface area contributed by atoms with E-state index in [9.17, 15) is 14.0 Å². The van der Waals surface area contributed by atoms with Crippen molar-refractivity contribution < 1.29 is 23.8 Å². The molecule has 0 spiro atoms. The van der Waals surface area contributed by atoms with E-state index in [0.717, 1.165) is 10.9 Å². The Morgan fingerprint density at radius 3 is 2.83 bits per heavy atom. The summed E-state index contributed by atoms with van der Waals surface area (Å²) in [6.45, 7) is 2.12. The van der Waals surface area contributed by atoms with Crippen molar-refractivity contribution in [1.82, 2.24) is 9.88 Å². The van der Waals surface area contributed by atoms with Gasteiger partial charge in [0.05, 0.1) is 12.5 Å². The standard InChI is InChI=1S/C17H19FN2O4/c1-9-3-10(18)4-14-13(9)7-15(19-14)17(23)20-8-12(24-2)5-11(20)6-16(21)22/h3-4,7,11-12,19H,5-6,8H2,1-2H3,(H,21,22). The number of halogens is 1. The molecule has 1 aliphatic rings. The molecule has 1 amide bonds. The Balaban J connectivity index is 1.92. The Bertz CT molecular complexity index is 801. The molecular weight excluding hydrogens is 315 g/mol. The second kappa shape index (κ2) is 6.24. The van der Waals surface area contributed by atoms with Crippen LogP contribution < -0.4 is 0 Å². The van der Waals surface area contributed by atoms with Crippen molar-refractivity contribution in [2.24, 2.45) is 0 Å². The monoisotopic (exact) mass is 334 g/mol. The van der Waals surface area contributed by atoms with Gasteiger partial charge in [-0.2, -0.15) is 0 Å². The van der Waals surface area contributed by atoms with E-state index in [2.05, 4.69) is 4.98 Å². The van der Waals surface area contributed by atoms with Crippen LogP contribution in [-0.4, -0.2) is 52.7 Å². The Labute approximate surface area is 138 Å². The number of carboxylic acids is 1. The third-order valence-corrected chi connectivity index (χ3v) is 4.52. The summed E-state index contributed by atoms with van der Waals surface area (Å²) in [7, 11) is 1.55. The smallest absolute Gasteiger partial charge is 0.305 e. The number of hydrogen-bond donors (Lipinski definition) is 2. The molecule has 1 saturated heterocycles. The number of benzene rings is 1. The average molecular weight is 334 g/mol. The van der Waals surface area contributed by atoms with Gasteiger partial charge in [0.25, 0.3) is 5.91 Å². The van der Waals surface area contributed by atoms with Crippen molar-refractivity contribution in [3.8, 4) is 0 Å². The molecular formula is C17H19FN2O4. The molecule has 0 radical (unpaired) electrons. The molecule has 1 aromatic carbocycles. The van der Waals surface area contributed by atoms with Crippen LogP contribution in [0.1, 0.15) is 28.9 Å². The molecule has 7 heteroatoms. The number of nitrogens with zero attached hydrogens (tertiary/aromatic N) is 1. The lowest BCUT2D eigenvalue weighted by atomic mass is 10.1. The number of carbonyl (C=O) groups is 2. The first-order valence-corrected chi connectivity index (χ1v) is 7.73. The van der Waals surface area contributed by atoms with Crippen molar-refractivity contribution in [2.45, 2.75) is 31.9 Å². The van der Waals surface area contributed by atoms with E-state index in [1.54, 1.807) is 20.1 Å². The lowest BCUT2D eigenvalue weighted by Gasteiger charge is -2.22. The number of aryl methyl sites for hydroxylation is 1. The van der Waals surface area contributed by atoms with Crippen LogP contribution in [0.15, 0.2) is 18.2 Å². The minimum absolute atomic E-state index is 0.126. The number of methoxy groups -OCH3 is 1. The van der Waals surface area contributed by atoms with Gasteiger partial charge in [-0.25, -0.2) is 4.39 Å². The second-order valence-corrected chi connectivity index (χ2v) is 6.17. The Hall–Kier alpha value is -2.41. The highest BCUT2D eigenvalue weighted by molar-refractivity contribution is 5.99. The molecule has 2 unspecified atom stereocenters. The van der Waals surface area contributed by atoms with Gasteiger partial charge < -0.3 is 19.7 Å². The number of likely N-dealkylation sites (tertiary alicyclic amines) is 1. The SMILES string of the molecule is COC1CC(CC(=O)O)N(C(=O)c2cc3c(C)cc(F)cc3[nH]2)C1. The van der Waals surface area contributed by atoms with E-state index >= 15 is 0 Å². The molecule has 0 saturated carbocycles. The van der Waals surface area contributed by atoms with Crippen LogP contribution in [0.25, 0.3) is 10.9 Å². The number of nitrogens with one attached hydrogen (secondary N) is 1. The van der Waals surface area contributed by atoms with Gasteiger partial charge in [-0.05, 0) is 37.1 Å². The molecule has 6 nitrogen and oxygen atoms in total. The number of rotatable bonds is 4. The van der Waals surface area contributed by atoms with Crippen LogP contribution in [0.4, 0.5) is 4.39 Å². The topological polar surface area (TPSA) is 82.6 Å². The Kier molecular flexibility index (Phi) is 4.28. The number of amides is 1. The van der Waals surface area contributed by atoms with Crippen molar-refractivity contribution in [1.29, 1.82) is 0 Å². The van der Waals surface area contributed by atoms with E-state index in [1.165, 1.54) is 17.0 Å². The summed E-state index contributed by atoms with van der Waals surface area (Å²) in [6.07, 6.45) is 0.184. The molecule has 0 aliphatic carbocycles. The number of H-pyrrole nitrogens is 1. The zero-order chi connectivity index (χ0) is 17.4. The predicted molar refractivity (Wildman–Crippen MR) is 85.5 cm³/mol. The first-order valence-electron chi connectivity index (χ1n) is 7.73. The molecule has 1 aliphatic heterocycles. The van der Waals surface area contributed by atoms with E-state index in [4.69, 9.17) is 9.84 Å². The maximum atomic E-state index is 13.5. The molecule has 128 valence electrons. The van der Waals surface area contributed by atoms with Crippen molar-refractivity contribution >= 4 is 22.8 Å². The number of aliphatic carboxylic acids is 1. The van der Waals surface area contributed by atoms with Gasteiger partial charge in [0.2, 0.25) is 0 Å². The number of aromatic nitrogens is 1. The number of carboxylic acid groups (broad SMARTS) is 1. The zero-order valence-electron chi connectivity index (χ0n) is 13.5. The third-order valence-electron chi connectivity index (χ3n) is 4.52. The molecule has 2 N–H and O–H groups in total. The maximum absolute atomic E-state index is 13.5. The second-order valence-electron chi connectivity index (χ2n) is 6.17. The maximum Gasteiger partial charge on any atom is 0.305 e. The van der Waals surface area contributed by atoms with Crippen LogP contribution in [0.3, 0.4) is 0 Å². The zero-order valence-corrected chi connectivity index (χ0v) is 13.5. The lowest BCUT2D eigenvalue weighted by Crippen LogP contribution is -2.37. The molecule has 1 fully saturated rings. The number of fused-ring (bicyclic) bond motifs is 1. The third kappa shape index (κ3) is 2.99. The van der Waals surface area contributed by atoms with Crippen molar-refractivity contribution in [3.05, 3.63) is 35.3 Å². The van der Waals surface area contributed by atoms with E-state index < -0.39 is 12.0 Å². The largest absolute Gasteiger partial charge is 0.481 e. The predicted octanol–water partition coefficient (Wildman–Crippen LogP) is 2.32. The van der Waals surface area contributed by atoms with Crippen LogP contribution >= 0.6 is 0 Å². The molecule has 24 heavy (non-hydrogen) atoms. The van der Waals surface area contributed by atoms with Crippen LogP contribution in [-0.2, 0) is 9.53 Å². The molecule has 2 heterocycles. The highest BCUT2D eigenvalue weighted by Gasteiger charge is 2.37. The Morgan fingerprint density at radius 1 is 1.42 bits per heavy atom. The fourth-order valence-electron chi connectivity index (χ4n) is 3.33. The number of ether oxygens (including phenoxy) is 1. The van der Waals surface area contributed by atoms with Crippen molar-refractivity contribution in [3.63, 3.8) is 0 Å². The summed E-state index contributed by atoms with van der Waals surface area (Å²) in [6, 6.07) is 4.03. The van der Waals surface area contributed by atoms with Gasteiger partial charge >= 0.3 is 5.97 Å². The van der Waals surface area contributed by atoms with Gasteiger partial charge in [0.15, 0.2) is 0 Å². The summed E-state index contributed by atoms with van der Waals surface area (Å²) >= 11 is 0. The highest BCUT2D eigenvalue weighted by Crippen LogP contribution is 2.27. The fourth-order valence-corrected chi connectivity index (χ4v) is 3.33. The van der Waals surface area contributed by atoms with Gasteiger partial charge in [0.1, 0.15) is 11.5 Å². The summed E-state index contributed by atoms with van der Waals surface area (Å²) in [5.74, 6) is -1.62. The minimum atomic E-state index is -0.955. The van der Waals surface area contributed by atoms with E-state index in [0.29, 0.717) is 24.2 Å².